The fraction of sp³-hybridized carbons (Fsp3) is 0.364. The number of amides is 1. The van der Waals surface area contributed by atoms with Gasteiger partial charge in [0, 0.05) is 20.3 Å². The lowest BCUT2D eigenvalue weighted by Crippen LogP contribution is -2.25. The lowest BCUT2D eigenvalue weighted by molar-refractivity contribution is -0.385. The Labute approximate surface area is 114 Å². The molecule has 0 atom stereocenters. The van der Waals surface area contributed by atoms with Crippen LogP contribution < -0.4 is 5.32 Å². The standard InChI is InChI=1S/C11H14N6O3/c1-7-10(17(19)20)9(14-15(7)2)11(18)12-6-8-4-5-13-16(8)3/h4-5H,6H2,1-3H3,(H,12,18). The summed E-state index contributed by atoms with van der Waals surface area (Å²) in [6, 6.07) is 1.75. The van der Waals surface area contributed by atoms with Crippen LogP contribution in [0, 0.1) is 17.0 Å². The second-order valence-corrected chi connectivity index (χ2v) is 4.29. The first-order valence-corrected chi connectivity index (χ1v) is 5.85. The predicted octanol–water partition coefficient (Wildman–Crippen LogP) is 0.300. The van der Waals surface area contributed by atoms with Crippen LogP contribution in [0.1, 0.15) is 21.9 Å². The third kappa shape index (κ3) is 2.37. The largest absolute Gasteiger partial charge is 0.345 e. The summed E-state index contributed by atoms with van der Waals surface area (Å²) >= 11 is 0. The molecule has 2 aromatic heterocycles. The third-order valence-electron chi connectivity index (χ3n) is 3.05. The third-order valence-corrected chi connectivity index (χ3v) is 3.05. The summed E-state index contributed by atoms with van der Waals surface area (Å²) < 4.78 is 2.93. The molecule has 9 nitrogen and oxygen atoms in total. The summed E-state index contributed by atoms with van der Waals surface area (Å²) in [6.45, 7) is 1.77. The number of hydrogen-bond donors (Lipinski definition) is 1. The van der Waals surface area contributed by atoms with Crippen LogP contribution in [0.25, 0.3) is 0 Å². The number of aryl methyl sites for hydroxylation is 2. The quantitative estimate of drug-likeness (QED) is 0.639. The SMILES string of the molecule is Cc1c([N+](=O)[O-])c(C(=O)NCc2ccnn2C)nn1C. The number of nitrogens with one attached hydrogen (secondary N) is 1. The zero-order chi connectivity index (χ0) is 14.9. The highest BCUT2D eigenvalue weighted by Crippen LogP contribution is 2.21. The Morgan fingerprint density at radius 3 is 2.70 bits per heavy atom. The molecule has 0 aliphatic heterocycles. The first-order chi connectivity index (χ1) is 9.41. The molecule has 0 fully saturated rings. The monoisotopic (exact) mass is 278 g/mol. The predicted molar refractivity (Wildman–Crippen MR) is 69.0 cm³/mol. The number of carbonyl (C=O) groups is 1. The van der Waals surface area contributed by atoms with E-state index >= 15 is 0 Å². The summed E-state index contributed by atoms with van der Waals surface area (Å²) in [7, 11) is 3.30. The van der Waals surface area contributed by atoms with Gasteiger partial charge in [-0.15, -0.1) is 0 Å². The first-order valence-electron chi connectivity index (χ1n) is 5.85. The lowest BCUT2D eigenvalue weighted by atomic mass is 10.3. The molecule has 2 heterocycles. The van der Waals surface area contributed by atoms with E-state index in [-0.39, 0.29) is 17.9 Å². The Balaban J connectivity index is 2.20. The van der Waals surface area contributed by atoms with Crippen molar-refractivity contribution in [1.82, 2.24) is 24.9 Å². The van der Waals surface area contributed by atoms with Gasteiger partial charge >= 0.3 is 5.69 Å². The summed E-state index contributed by atoms with van der Waals surface area (Å²) in [5.74, 6) is -0.582. The van der Waals surface area contributed by atoms with E-state index in [1.54, 1.807) is 38.0 Å². The number of rotatable bonds is 4. The molecule has 9 heteroatoms. The second kappa shape index (κ2) is 5.11. The zero-order valence-electron chi connectivity index (χ0n) is 11.3. The number of nitro groups is 1. The Hall–Kier alpha value is -2.71. The highest BCUT2D eigenvalue weighted by atomic mass is 16.6. The van der Waals surface area contributed by atoms with Crippen molar-refractivity contribution in [2.75, 3.05) is 0 Å². The van der Waals surface area contributed by atoms with Gasteiger partial charge in [0.2, 0.25) is 5.69 Å². The molecule has 0 aliphatic rings. The van der Waals surface area contributed by atoms with Crippen LogP contribution in [0.4, 0.5) is 5.69 Å². The maximum absolute atomic E-state index is 12.0. The molecule has 1 N–H and O–H groups in total. The van der Waals surface area contributed by atoms with Gasteiger partial charge < -0.3 is 5.32 Å². The molecule has 0 bridgehead atoms. The van der Waals surface area contributed by atoms with Crippen molar-refractivity contribution in [2.24, 2.45) is 14.1 Å². The fourth-order valence-electron chi connectivity index (χ4n) is 1.80. The summed E-state index contributed by atoms with van der Waals surface area (Å²) in [5.41, 5.74) is 0.668. The van der Waals surface area contributed by atoms with Crippen LogP contribution in [0.3, 0.4) is 0 Å². The molecule has 0 aromatic carbocycles. The van der Waals surface area contributed by atoms with Crippen LogP contribution in [0.2, 0.25) is 0 Å². The van der Waals surface area contributed by atoms with E-state index in [4.69, 9.17) is 0 Å². The van der Waals surface area contributed by atoms with Crippen LogP contribution in [0.15, 0.2) is 12.3 Å². The van der Waals surface area contributed by atoms with Gasteiger partial charge in [0.1, 0.15) is 5.69 Å². The molecular weight excluding hydrogens is 264 g/mol. The Morgan fingerprint density at radius 2 is 2.15 bits per heavy atom. The molecule has 106 valence electrons. The number of aromatic nitrogens is 4. The van der Waals surface area contributed by atoms with Crippen LogP contribution in [-0.2, 0) is 20.6 Å². The van der Waals surface area contributed by atoms with E-state index < -0.39 is 10.8 Å². The normalized spacial score (nSPS) is 10.6. The van der Waals surface area contributed by atoms with Gasteiger partial charge in [0.05, 0.1) is 17.2 Å². The van der Waals surface area contributed by atoms with E-state index in [0.717, 1.165) is 5.69 Å². The highest BCUT2D eigenvalue weighted by molar-refractivity contribution is 5.96. The lowest BCUT2D eigenvalue weighted by Gasteiger charge is -2.03. The molecule has 0 radical (unpaired) electrons. The van der Waals surface area contributed by atoms with E-state index in [2.05, 4.69) is 15.5 Å². The average Bonchev–Trinajstić information content (AvgIpc) is 2.91. The van der Waals surface area contributed by atoms with Crippen molar-refractivity contribution < 1.29 is 9.72 Å². The maximum Gasteiger partial charge on any atom is 0.322 e. The van der Waals surface area contributed by atoms with Crippen molar-refractivity contribution >= 4 is 11.6 Å². The summed E-state index contributed by atoms with van der Waals surface area (Å²) in [5, 5.41) is 21.5. The smallest absolute Gasteiger partial charge is 0.322 e. The number of hydrogen-bond acceptors (Lipinski definition) is 5. The van der Waals surface area contributed by atoms with E-state index in [9.17, 15) is 14.9 Å². The first kappa shape index (κ1) is 13.7. The molecule has 0 unspecified atom stereocenters. The summed E-state index contributed by atoms with van der Waals surface area (Å²) in [4.78, 5) is 22.4. The van der Waals surface area contributed by atoms with Gasteiger partial charge in [0.25, 0.3) is 5.91 Å². The topological polar surface area (TPSA) is 108 Å². The van der Waals surface area contributed by atoms with Gasteiger partial charge in [0.15, 0.2) is 0 Å². The molecule has 0 saturated carbocycles. The number of carbonyl (C=O) groups excluding carboxylic acids is 1. The summed E-state index contributed by atoms with van der Waals surface area (Å²) in [6.07, 6.45) is 1.61. The van der Waals surface area contributed by atoms with Crippen molar-refractivity contribution in [2.45, 2.75) is 13.5 Å². The molecule has 20 heavy (non-hydrogen) atoms. The average molecular weight is 278 g/mol. The molecule has 2 aromatic rings. The Morgan fingerprint density at radius 1 is 1.45 bits per heavy atom. The minimum atomic E-state index is -0.596. The van der Waals surface area contributed by atoms with Gasteiger partial charge in [-0.1, -0.05) is 0 Å². The van der Waals surface area contributed by atoms with E-state index in [1.165, 1.54) is 4.68 Å². The molecule has 0 aliphatic carbocycles. The van der Waals surface area contributed by atoms with Gasteiger partial charge in [-0.2, -0.15) is 10.2 Å². The Kier molecular flexibility index (Phi) is 3.51. The van der Waals surface area contributed by atoms with Gasteiger partial charge in [-0.05, 0) is 13.0 Å². The highest BCUT2D eigenvalue weighted by Gasteiger charge is 2.28. The molecule has 2 rings (SSSR count). The van der Waals surface area contributed by atoms with E-state index in [1.807, 2.05) is 0 Å². The van der Waals surface area contributed by atoms with Crippen LogP contribution in [0.5, 0.6) is 0 Å². The molecule has 0 saturated heterocycles. The molecular formula is C11H14N6O3. The van der Waals surface area contributed by atoms with Crippen molar-refractivity contribution in [3.63, 3.8) is 0 Å². The maximum atomic E-state index is 12.0. The van der Waals surface area contributed by atoms with Gasteiger partial charge in [-0.25, -0.2) is 0 Å². The van der Waals surface area contributed by atoms with Crippen molar-refractivity contribution in [3.05, 3.63) is 39.5 Å². The molecule has 1 amide bonds. The zero-order valence-corrected chi connectivity index (χ0v) is 11.3. The van der Waals surface area contributed by atoms with E-state index in [0.29, 0.717) is 5.69 Å². The van der Waals surface area contributed by atoms with Crippen molar-refractivity contribution in [3.8, 4) is 0 Å². The minimum Gasteiger partial charge on any atom is -0.345 e. The van der Waals surface area contributed by atoms with Crippen LogP contribution in [-0.4, -0.2) is 30.4 Å². The fourth-order valence-corrected chi connectivity index (χ4v) is 1.80. The van der Waals surface area contributed by atoms with Gasteiger partial charge in [-0.3, -0.25) is 24.3 Å². The second-order valence-electron chi connectivity index (χ2n) is 4.29. The Bertz CT molecular complexity index is 672. The molecule has 0 spiro atoms. The van der Waals surface area contributed by atoms with Crippen LogP contribution >= 0.6 is 0 Å². The van der Waals surface area contributed by atoms with Crippen molar-refractivity contribution in [1.29, 1.82) is 0 Å². The minimum absolute atomic E-state index is 0.183. The number of nitrogens with zero attached hydrogens (tertiary/aromatic N) is 5.